The van der Waals surface area contributed by atoms with E-state index in [0.717, 1.165) is 19.3 Å². The van der Waals surface area contributed by atoms with Crippen molar-refractivity contribution < 1.29 is 22.2 Å². The summed E-state index contributed by atoms with van der Waals surface area (Å²) in [5.41, 5.74) is 0. The van der Waals surface area contributed by atoms with E-state index in [2.05, 4.69) is 20.4 Å². The molecule has 1 fully saturated rings. The van der Waals surface area contributed by atoms with Crippen LogP contribution >= 0.6 is 0 Å². The van der Waals surface area contributed by atoms with Gasteiger partial charge < -0.3 is 13.8 Å². The summed E-state index contributed by atoms with van der Waals surface area (Å²) < 4.78 is 35.6. The Labute approximate surface area is 130 Å². The van der Waals surface area contributed by atoms with Crippen LogP contribution in [0.5, 0.6) is 0 Å². The van der Waals surface area contributed by atoms with Crippen molar-refractivity contribution in [2.45, 2.75) is 39.5 Å². The molecule has 0 aromatic heterocycles. The lowest BCUT2D eigenvalue weighted by atomic mass is 10.2. The summed E-state index contributed by atoms with van der Waals surface area (Å²) in [5.74, 6) is -0.479. The predicted octanol–water partition coefficient (Wildman–Crippen LogP) is 2.15. The van der Waals surface area contributed by atoms with Crippen molar-refractivity contribution >= 4 is 10.1 Å². The molecule has 126 valence electrons. The zero-order valence-electron chi connectivity index (χ0n) is 13.6. The van der Waals surface area contributed by atoms with Gasteiger partial charge in [0.05, 0.1) is 42.2 Å². The van der Waals surface area contributed by atoms with Gasteiger partial charge in [-0.1, -0.05) is 32.8 Å². The van der Waals surface area contributed by atoms with E-state index in [1.165, 1.54) is 56.3 Å². The van der Waals surface area contributed by atoms with E-state index in [0.29, 0.717) is 0 Å². The number of ether oxygens (including phenoxy) is 1. The first-order valence-corrected chi connectivity index (χ1v) is 9.44. The highest BCUT2D eigenvalue weighted by Gasteiger charge is 2.28. The Morgan fingerprint density at radius 2 is 1.62 bits per heavy atom. The molecule has 0 unspecified atom stereocenters. The molecule has 1 aliphatic rings. The van der Waals surface area contributed by atoms with E-state index >= 15 is 0 Å². The maximum atomic E-state index is 9.60. The summed E-state index contributed by atoms with van der Waals surface area (Å²) in [6.45, 7) is 14.9. The van der Waals surface area contributed by atoms with E-state index in [1.807, 2.05) is 0 Å². The van der Waals surface area contributed by atoms with Crippen molar-refractivity contribution in [3.05, 3.63) is 12.7 Å². The molecule has 0 N–H and O–H groups in total. The van der Waals surface area contributed by atoms with Crippen LogP contribution in [0.1, 0.15) is 39.5 Å². The van der Waals surface area contributed by atoms with Crippen LogP contribution in [-0.4, -0.2) is 62.6 Å². The number of unbranched alkanes of at least 4 members (excludes halogenated alkanes) is 2. The normalized spacial score (nSPS) is 17.7. The second-order valence-electron chi connectivity index (χ2n) is 5.57. The number of hydrogen-bond donors (Lipinski definition) is 0. The zero-order chi connectivity index (χ0) is 16.2. The van der Waals surface area contributed by atoms with Crippen molar-refractivity contribution in [3.8, 4) is 0 Å². The van der Waals surface area contributed by atoms with Crippen LogP contribution in [0.4, 0.5) is 0 Å². The fraction of sp³-hybridized carbons (Fsp3) is 0.867. The maximum absolute atomic E-state index is 9.60. The summed E-state index contributed by atoms with van der Waals surface area (Å²) >= 11 is 0. The molecule has 0 aromatic carbocycles. The predicted molar refractivity (Wildman–Crippen MR) is 85.1 cm³/mol. The SMILES string of the molecule is C=CCS(=O)(=O)[O-].CCCC[N+]1(CCCC)CCOCC1. The highest BCUT2D eigenvalue weighted by Crippen LogP contribution is 2.15. The third-order valence-corrected chi connectivity index (χ3v) is 4.36. The average molecular weight is 321 g/mol. The lowest BCUT2D eigenvalue weighted by Gasteiger charge is -2.41. The standard InChI is InChI=1S/C12H26NO.C3H6O3S/c1-3-5-7-13(8-6-4-2)9-11-14-12-10-13;1-2-3-7(4,5)6/h3-12H2,1-2H3;2H,1,3H2,(H,4,5,6)/q+1;/p-1. The molecule has 0 aromatic rings. The Morgan fingerprint density at radius 1 is 1.14 bits per heavy atom. The van der Waals surface area contributed by atoms with Crippen LogP contribution in [0.2, 0.25) is 0 Å². The van der Waals surface area contributed by atoms with Gasteiger partial charge in [-0.3, -0.25) is 0 Å². The number of nitrogens with zero attached hydrogens (tertiary/aromatic N) is 1. The van der Waals surface area contributed by atoms with Gasteiger partial charge in [0.25, 0.3) is 0 Å². The van der Waals surface area contributed by atoms with E-state index in [1.54, 1.807) is 0 Å². The summed E-state index contributed by atoms with van der Waals surface area (Å²) in [6.07, 6.45) is 6.47. The van der Waals surface area contributed by atoms with Gasteiger partial charge >= 0.3 is 0 Å². The Kier molecular flexibility index (Phi) is 11.0. The van der Waals surface area contributed by atoms with Crippen molar-refractivity contribution in [3.63, 3.8) is 0 Å². The van der Waals surface area contributed by atoms with Crippen LogP contribution in [0, 0.1) is 0 Å². The van der Waals surface area contributed by atoms with Gasteiger partial charge in [-0.2, -0.15) is 0 Å². The van der Waals surface area contributed by atoms with Gasteiger partial charge in [-0.15, -0.1) is 6.58 Å². The zero-order valence-corrected chi connectivity index (χ0v) is 14.4. The van der Waals surface area contributed by atoms with Crippen LogP contribution in [0.15, 0.2) is 12.7 Å². The van der Waals surface area contributed by atoms with Gasteiger partial charge in [0, 0.05) is 0 Å². The molecule has 5 nitrogen and oxygen atoms in total. The van der Waals surface area contributed by atoms with Crippen molar-refractivity contribution in [1.82, 2.24) is 0 Å². The molecule has 21 heavy (non-hydrogen) atoms. The van der Waals surface area contributed by atoms with Gasteiger partial charge in [-0.25, -0.2) is 8.42 Å². The number of rotatable bonds is 8. The Bertz CT molecular complexity index is 352. The smallest absolute Gasteiger partial charge is 0.102 e. The lowest BCUT2D eigenvalue weighted by molar-refractivity contribution is -0.935. The van der Waals surface area contributed by atoms with Crippen molar-refractivity contribution in [1.29, 1.82) is 0 Å². The number of quaternary nitrogens is 1. The Hall–Kier alpha value is -0.430. The first-order valence-electron chi connectivity index (χ1n) is 7.86. The molecule has 0 amide bonds. The molecule has 0 aliphatic carbocycles. The minimum absolute atomic E-state index is 0.479. The first kappa shape index (κ1) is 20.6. The molecule has 0 atom stereocenters. The minimum atomic E-state index is -4.04. The summed E-state index contributed by atoms with van der Waals surface area (Å²) in [7, 11) is -4.04. The topological polar surface area (TPSA) is 66.4 Å². The summed E-state index contributed by atoms with van der Waals surface area (Å²) in [5, 5.41) is 0. The minimum Gasteiger partial charge on any atom is -0.748 e. The van der Waals surface area contributed by atoms with E-state index in [4.69, 9.17) is 4.74 Å². The van der Waals surface area contributed by atoms with Crippen LogP contribution in [0.3, 0.4) is 0 Å². The first-order chi connectivity index (χ1) is 9.89. The van der Waals surface area contributed by atoms with Gasteiger partial charge in [0.15, 0.2) is 0 Å². The lowest BCUT2D eigenvalue weighted by Crippen LogP contribution is -2.56. The largest absolute Gasteiger partial charge is 0.748 e. The van der Waals surface area contributed by atoms with Gasteiger partial charge in [-0.05, 0) is 12.8 Å². The molecule has 1 rings (SSSR count). The van der Waals surface area contributed by atoms with Crippen LogP contribution in [0.25, 0.3) is 0 Å². The highest BCUT2D eigenvalue weighted by atomic mass is 32.2. The summed E-state index contributed by atoms with van der Waals surface area (Å²) in [6, 6.07) is 0. The summed E-state index contributed by atoms with van der Waals surface area (Å²) in [4.78, 5) is 0. The molecule has 0 spiro atoms. The van der Waals surface area contributed by atoms with Gasteiger partial charge in [0.1, 0.15) is 13.1 Å². The third-order valence-electron chi connectivity index (χ3n) is 3.71. The quantitative estimate of drug-likeness (QED) is 0.390. The third kappa shape index (κ3) is 10.9. The van der Waals surface area contributed by atoms with Crippen LogP contribution in [-0.2, 0) is 14.9 Å². The second kappa shape index (κ2) is 11.2. The van der Waals surface area contributed by atoms with Crippen molar-refractivity contribution in [2.75, 3.05) is 45.1 Å². The second-order valence-corrected chi connectivity index (χ2v) is 7.02. The van der Waals surface area contributed by atoms with Gasteiger partial charge in [0.2, 0.25) is 0 Å². The van der Waals surface area contributed by atoms with Crippen LogP contribution < -0.4 is 0 Å². The molecular weight excluding hydrogens is 290 g/mol. The molecular formula is C15H31NO4S. The molecule has 1 heterocycles. The molecule has 0 saturated carbocycles. The molecule has 1 saturated heterocycles. The maximum Gasteiger partial charge on any atom is 0.102 e. The molecule has 0 bridgehead atoms. The highest BCUT2D eigenvalue weighted by molar-refractivity contribution is 7.85. The molecule has 6 heteroatoms. The Balaban J connectivity index is 0.000000486. The van der Waals surface area contributed by atoms with E-state index < -0.39 is 15.9 Å². The van der Waals surface area contributed by atoms with E-state index in [-0.39, 0.29) is 0 Å². The number of morpholine rings is 1. The average Bonchev–Trinajstić information content (AvgIpc) is 2.44. The molecule has 1 aliphatic heterocycles. The monoisotopic (exact) mass is 321 g/mol. The fourth-order valence-electron chi connectivity index (χ4n) is 2.42. The van der Waals surface area contributed by atoms with E-state index in [9.17, 15) is 13.0 Å². The number of hydrogen-bond acceptors (Lipinski definition) is 4. The fourth-order valence-corrected chi connectivity index (χ4v) is 2.71. The molecule has 0 radical (unpaired) electrons. The Morgan fingerprint density at radius 3 is 1.90 bits per heavy atom. The van der Waals surface area contributed by atoms with Crippen molar-refractivity contribution in [2.24, 2.45) is 0 Å².